The number of nitrogens with zero attached hydrogens (tertiary/aromatic N) is 1. The fourth-order valence-corrected chi connectivity index (χ4v) is 2.93. The summed E-state index contributed by atoms with van der Waals surface area (Å²) in [4.78, 5) is 39.2. The van der Waals surface area contributed by atoms with Crippen molar-refractivity contribution in [1.29, 1.82) is 0 Å². The van der Waals surface area contributed by atoms with Gasteiger partial charge in [0.1, 0.15) is 11.1 Å². The summed E-state index contributed by atoms with van der Waals surface area (Å²) in [6.07, 6.45) is 1.24. The highest BCUT2D eigenvalue weighted by Gasteiger charge is 2.45. The molecule has 1 aliphatic heterocycles. The number of piperazine rings is 1. The van der Waals surface area contributed by atoms with E-state index in [-0.39, 0.29) is 25.4 Å². The number of carbonyl (C=O) groups is 3. The molecule has 146 valence electrons. The Morgan fingerprint density at radius 2 is 2.00 bits per heavy atom. The first-order valence-electron chi connectivity index (χ1n) is 8.93. The number of hydrogen-bond acceptors (Lipinski definition) is 5. The fraction of sp³-hybridized carbons (Fsp3) is 0.450. The van der Waals surface area contributed by atoms with E-state index in [4.69, 9.17) is 4.74 Å². The van der Waals surface area contributed by atoms with Crippen LogP contribution in [0.5, 0.6) is 0 Å². The molecule has 1 aliphatic rings. The second kappa shape index (κ2) is 8.35. The second-order valence-electron chi connectivity index (χ2n) is 7.49. The maximum Gasteiger partial charge on any atom is 0.407 e. The van der Waals surface area contributed by atoms with Gasteiger partial charge in [0.05, 0.1) is 0 Å². The molecule has 1 atom stereocenters. The summed E-state index contributed by atoms with van der Waals surface area (Å²) >= 11 is 0. The van der Waals surface area contributed by atoms with Crippen LogP contribution in [-0.2, 0) is 9.53 Å². The van der Waals surface area contributed by atoms with Crippen LogP contribution in [0.15, 0.2) is 43.0 Å². The summed E-state index contributed by atoms with van der Waals surface area (Å²) < 4.78 is 5.24. The van der Waals surface area contributed by atoms with Gasteiger partial charge in [-0.15, -0.1) is 6.58 Å². The zero-order valence-corrected chi connectivity index (χ0v) is 16.1. The van der Waals surface area contributed by atoms with Gasteiger partial charge in [-0.1, -0.05) is 24.3 Å². The Morgan fingerprint density at radius 1 is 1.33 bits per heavy atom. The minimum Gasteiger partial charge on any atom is -0.444 e. The molecule has 1 saturated heterocycles. The van der Waals surface area contributed by atoms with E-state index in [1.807, 2.05) is 6.07 Å². The van der Waals surface area contributed by atoms with E-state index in [0.29, 0.717) is 12.1 Å². The van der Waals surface area contributed by atoms with Crippen molar-refractivity contribution in [3.05, 3.63) is 48.6 Å². The SMILES string of the molecule is C=CC[C@]1(CNC(=O)OC(C)(C)C)NCCN(C(=O)c2ccccc2)C1=O. The predicted octanol–water partition coefficient (Wildman–Crippen LogP) is 2.10. The summed E-state index contributed by atoms with van der Waals surface area (Å²) in [7, 11) is 0. The van der Waals surface area contributed by atoms with Crippen LogP contribution in [-0.4, -0.2) is 53.6 Å². The Morgan fingerprint density at radius 3 is 2.59 bits per heavy atom. The van der Waals surface area contributed by atoms with E-state index >= 15 is 0 Å². The van der Waals surface area contributed by atoms with Gasteiger partial charge in [0.2, 0.25) is 0 Å². The Kier molecular flexibility index (Phi) is 6.38. The Bertz CT molecular complexity index is 712. The van der Waals surface area contributed by atoms with Crippen molar-refractivity contribution in [2.75, 3.05) is 19.6 Å². The number of hydrogen-bond donors (Lipinski definition) is 2. The predicted molar refractivity (Wildman–Crippen MR) is 102 cm³/mol. The van der Waals surface area contributed by atoms with Crippen LogP contribution in [0.1, 0.15) is 37.6 Å². The summed E-state index contributed by atoms with van der Waals surface area (Å²) in [5.41, 5.74) is -1.34. The molecule has 7 nitrogen and oxygen atoms in total. The van der Waals surface area contributed by atoms with Gasteiger partial charge in [-0.2, -0.15) is 0 Å². The molecule has 2 rings (SSSR count). The first-order chi connectivity index (χ1) is 12.7. The van der Waals surface area contributed by atoms with Gasteiger partial charge in [-0.05, 0) is 39.3 Å². The van der Waals surface area contributed by atoms with E-state index in [1.54, 1.807) is 51.1 Å². The van der Waals surface area contributed by atoms with E-state index in [1.165, 1.54) is 4.90 Å². The monoisotopic (exact) mass is 373 g/mol. The molecule has 1 aromatic carbocycles. The van der Waals surface area contributed by atoms with Gasteiger partial charge in [0, 0.05) is 25.2 Å². The molecule has 0 bridgehead atoms. The van der Waals surface area contributed by atoms with Crippen molar-refractivity contribution in [2.24, 2.45) is 0 Å². The highest BCUT2D eigenvalue weighted by atomic mass is 16.6. The van der Waals surface area contributed by atoms with Crippen molar-refractivity contribution in [3.8, 4) is 0 Å². The lowest BCUT2D eigenvalue weighted by atomic mass is 9.90. The van der Waals surface area contributed by atoms with Gasteiger partial charge >= 0.3 is 6.09 Å². The molecule has 0 unspecified atom stereocenters. The molecule has 1 heterocycles. The summed E-state index contributed by atoms with van der Waals surface area (Å²) in [5.74, 6) is -0.744. The molecule has 3 amide bonds. The van der Waals surface area contributed by atoms with E-state index in [2.05, 4.69) is 17.2 Å². The largest absolute Gasteiger partial charge is 0.444 e. The Balaban J connectivity index is 2.17. The molecule has 0 spiro atoms. The minimum absolute atomic E-state index is 0.00859. The fourth-order valence-electron chi connectivity index (χ4n) is 2.93. The standard InChI is InChI=1S/C20H27N3O4/c1-5-11-20(14-21-18(26)27-19(2,3)4)17(25)23(13-12-22-20)16(24)15-9-7-6-8-10-15/h5-10,22H,1,11-14H2,2-4H3,(H,21,26)/t20-/m1/s1. The lowest BCUT2D eigenvalue weighted by Crippen LogP contribution is -2.69. The molecular formula is C20H27N3O4. The van der Waals surface area contributed by atoms with Crippen molar-refractivity contribution < 1.29 is 19.1 Å². The molecule has 1 fully saturated rings. The summed E-state index contributed by atoms with van der Waals surface area (Å²) in [6, 6.07) is 8.66. The second-order valence-corrected chi connectivity index (χ2v) is 7.49. The van der Waals surface area contributed by atoms with E-state index < -0.39 is 23.1 Å². The zero-order valence-electron chi connectivity index (χ0n) is 16.1. The molecule has 27 heavy (non-hydrogen) atoms. The molecule has 7 heteroatoms. The molecule has 0 radical (unpaired) electrons. The lowest BCUT2D eigenvalue weighted by Gasteiger charge is -2.41. The average molecular weight is 373 g/mol. The smallest absolute Gasteiger partial charge is 0.407 e. The van der Waals surface area contributed by atoms with E-state index in [9.17, 15) is 14.4 Å². The highest BCUT2D eigenvalue weighted by Crippen LogP contribution is 2.20. The van der Waals surface area contributed by atoms with Crippen LogP contribution in [0.3, 0.4) is 0 Å². The van der Waals surface area contributed by atoms with Crippen LogP contribution in [0.4, 0.5) is 4.79 Å². The van der Waals surface area contributed by atoms with Crippen LogP contribution < -0.4 is 10.6 Å². The van der Waals surface area contributed by atoms with Crippen LogP contribution in [0.25, 0.3) is 0 Å². The van der Waals surface area contributed by atoms with Gasteiger partial charge in [0.25, 0.3) is 11.8 Å². The van der Waals surface area contributed by atoms with Crippen LogP contribution in [0, 0.1) is 0 Å². The third-order valence-corrected chi connectivity index (χ3v) is 4.15. The normalized spacial score (nSPS) is 20.1. The minimum atomic E-state index is -1.14. The number of carbonyl (C=O) groups excluding carboxylic acids is 3. The van der Waals surface area contributed by atoms with Gasteiger partial charge in [-0.25, -0.2) is 4.79 Å². The maximum atomic E-state index is 13.2. The Hall–Kier alpha value is -2.67. The molecular weight excluding hydrogens is 346 g/mol. The first kappa shape index (κ1) is 20.6. The van der Waals surface area contributed by atoms with Crippen molar-refractivity contribution in [2.45, 2.75) is 38.3 Å². The third kappa shape index (κ3) is 5.17. The summed E-state index contributed by atoms with van der Waals surface area (Å²) in [5, 5.41) is 5.79. The topological polar surface area (TPSA) is 87.7 Å². The maximum absolute atomic E-state index is 13.2. The molecule has 2 N–H and O–H groups in total. The van der Waals surface area contributed by atoms with Crippen molar-refractivity contribution in [3.63, 3.8) is 0 Å². The van der Waals surface area contributed by atoms with Crippen LogP contribution in [0.2, 0.25) is 0 Å². The van der Waals surface area contributed by atoms with E-state index in [0.717, 1.165) is 0 Å². The number of rotatable bonds is 5. The van der Waals surface area contributed by atoms with Gasteiger partial charge in [0.15, 0.2) is 0 Å². The summed E-state index contributed by atoms with van der Waals surface area (Å²) in [6.45, 7) is 9.67. The number of ether oxygens (including phenoxy) is 1. The zero-order chi connectivity index (χ0) is 20.1. The van der Waals surface area contributed by atoms with Crippen molar-refractivity contribution in [1.82, 2.24) is 15.5 Å². The number of benzene rings is 1. The van der Waals surface area contributed by atoms with Crippen molar-refractivity contribution >= 4 is 17.9 Å². The highest BCUT2D eigenvalue weighted by molar-refractivity contribution is 6.08. The number of nitrogens with one attached hydrogen (secondary N) is 2. The molecule has 0 aromatic heterocycles. The lowest BCUT2D eigenvalue weighted by molar-refractivity contribution is -0.138. The third-order valence-electron chi connectivity index (χ3n) is 4.15. The first-order valence-corrected chi connectivity index (χ1v) is 8.93. The number of imide groups is 1. The average Bonchev–Trinajstić information content (AvgIpc) is 2.61. The number of alkyl carbamates (subject to hydrolysis) is 1. The Labute approximate surface area is 159 Å². The van der Waals surface area contributed by atoms with Gasteiger partial charge < -0.3 is 10.1 Å². The van der Waals surface area contributed by atoms with Gasteiger partial charge in [-0.3, -0.25) is 19.8 Å². The molecule has 0 aliphatic carbocycles. The van der Waals surface area contributed by atoms with Crippen LogP contribution >= 0.6 is 0 Å². The molecule has 1 aromatic rings. The quantitative estimate of drug-likeness (QED) is 0.610. The number of amides is 3. The molecule has 0 saturated carbocycles.